The van der Waals surface area contributed by atoms with Gasteiger partial charge in [0.15, 0.2) is 0 Å². The molecule has 162 valence electrons. The van der Waals surface area contributed by atoms with Gasteiger partial charge in [0, 0.05) is 55.4 Å². The van der Waals surface area contributed by atoms with E-state index in [9.17, 15) is 4.79 Å². The molecule has 1 amide bonds. The van der Waals surface area contributed by atoms with Gasteiger partial charge in [0.1, 0.15) is 0 Å². The quantitative estimate of drug-likeness (QED) is 0.597. The molecule has 7 nitrogen and oxygen atoms in total. The molecular formula is C23H26ClN5O2. The monoisotopic (exact) mass is 439 g/mol. The van der Waals surface area contributed by atoms with Crippen molar-refractivity contribution in [1.29, 1.82) is 0 Å². The third-order valence-electron chi connectivity index (χ3n) is 5.55. The summed E-state index contributed by atoms with van der Waals surface area (Å²) in [6, 6.07) is 17.1. The summed E-state index contributed by atoms with van der Waals surface area (Å²) < 4.78 is 5.53. The average molecular weight is 440 g/mol. The zero-order valence-electron chi connectivity index (χ0n) is 17.5. The molecule has 0 radical (unpaired) electrons. The second-order valence-electron chi connectivity index (χ2n) is 7.68. The Kier molecular flexibility index (Phi) is 6.96. The number of nitrogens with zero attached hydrogens (tertiary/aromatic N) is 4. The van der Waals surface area contributed by atoms with Crippen LogP contribution in [0.4, 0.5) is 5.69 Å². The lowest BCUT2D eigenvalue weighted by Gasteiger charge is -2.36. The number of rotatable bonds is 7. The summed E-state index contributed by atoms with van der Waals surface area (Å²) in [5.74, 6) is 1.25. The molecule has 1 aliphatic heterocycles. The Morgan fingerprint density at radius 2 is 1.90 bits per heavy atom. The highest BCUT2D eigenvalue weighted by molar-refractivity contribution is 6.30. The highest BCUT2D eigenvalue weighted by atomic mass is 35.5. The van der Waals surface area contributed by atoms with Gasteiger partial charge in [-0.3, -0.25) is 9.69 Å². The van der Waals surface area contributed by atoms with Crippen LogP contribution in [0.5, 0.6) is 0 Å². The largest absolute Gasteiger partial charge is 0.337 e. The van der Waals surface area contributed by atoms with Gasteiger partial charge >= 0.3 is 0 Å². The fourth-order valence-electron chi connectivity index (χ4n) is 3.69. The van der Waals surface area contributed by atoms with Gasteiger partial charge in [-0.2, -0.15) is 4.98 Å². The van der Waals surface area contributed by atoms with Gasteiger partial charge in [-0.25, -0.2) is 0 Å². The Bertz CT molecular complexity index is 1000. The van der Waals surface area contributed by atoms with Crippen molar-refractivity contribution in [2.24, 2.45) is 0 Å². The normalized spacial score (nSPS) is 16.2. The molecule has 1 fully saturated rings. The van der Waals surface area contributed by atoms with E-state index in [2.05, 4.69) is 32.2 Å². The molecule has 1 saturated heterocycles. The maximum atomic E-state index is 12.2. The van der Waals surface area contributed by atoms with Crippen molar-refractivity contribution in [3.8, 4) is 11.4 Å². The molecule has 1 N–H and O–H groups in total. The SMILES string of the molecule is CC(c1nc(-c2ccccc2)no1)N1CCN(CCC(=O)Nc2cccc(Cl)c2)CC1. The topological polar surface area (TPSA) is 74.5 Å². The number of nitrogens with one attached hydrogen (secondary N) is 1. The lowest BCUT2D eigenvalue weighted by Crippen LogP contribution is -2.47. The molecule has 0 aliphatic carbocycles. The smallest absolute Gasteiger partial charge is 0.244 e. The van der Waals surface area contributed by atoms with Crippen LogP contribution in [0.2, 0.25) is 5.02 Å². The van der Waals surface area contributed by atoms with E-state index in [1.807, 2.05) is 42.5 Å². The van der Waals surface area contributed by atoms with Gasteiger partial charge < -0.3 is 14.7 Å². The molecule has 2 heterocycles. The van der Waals surface area contributed by atoms with E-state index in [-0.39, 0.29) is 11.9 Å². The van der Waals surface area contributed by atoms with Gasteiger partial charge in [-0.15, -0.1) is 0 Å². The van der Waals surface area contributed by atoms with Crippen LogP contribution in [-0.2, 0) is 4.79 Å². The van der Waals surface area contributed by atoms with Crippen LogP contribution in [0.1, 0.15) is 25.3 Å². The van der Waals surface area contributed by atoms with Crippen molar-refractivity contribution < 1.29 is 9.32 Å². The third kappa shape index (κ3) is 5.70. The molecule has 4 rings (SSSR count). The number of anilines is 1. The number of amides is 1. The van der Waals surface area contributed by atoms with Gasteiger partial charge in [0.25, 0.3) is 0 Å². The van der Waals surface area contributed by atoms with Crippen molar-refractivity contribution in [3.05, 3.63) is 65.5 Å². The van der Waals surface area contributed by atoms with Gasteiger partial charge in [-0.1, -0.05) is 53.2 Å². The lowest BCUT2D eigenvalue weighted by molar-refractivity contribution is -0.116. The molecule has 0 bridgehead atoms. The van der Waals surface area contributed by atoms with Crippen LogP contribution in [0.25, 0.3) is 11.4 Å². The van der Waals surface area contributed by atoms with E-state index in [1.54, 1.807) is 12.1 Å². The number of halogens is 1. The van der Waals surface area contributed by atoms with Crippen molar-refractivity contribution in [2.75, 3.05) is 38.0 Å². The molecular weight excluding hydrogens is 414 g/mol. The zero-order valence-corrected chi connectivity index (χ0v) is 18.3. The van der Waals surface area contributed by atoms with E-state index in [4.69, 9.17) is 16.1 Å². The minimum Gasteiger partial charge on any atom is -0.337 e. The second-order valence-corrected chi connectivity index (χ2v) is 8.12. The van der Waals surface area contributed by atoms with Crippen LogP contribution in [0.3, 0.4) is 0 Å². The Labute approximate surface area is 187 Å². The van der Waals surface area contributed by atoms with E-state index in [1.165, 1.54) is 0 Å². The lowest BCUT2D eigenvalue weighted by atomic mass is 10.2. The van der Waals surface area contributed by atoms with Crippen LogP contribution in [-0.4, -0.2) is 58.6 Å². The zero-order chi connectivity index (χ0) is 21.6. The van der Waals surface area contributed by atoms with Crippen molar-refractivity contribution in [2.45, 2.75) is 19.4 Å². The summed E-state index contributed by atoms with van der Waals surface area (Å²) in [6.45, 7) is 6.40. The number of aromatic nitrogens is 2. The van der Waals surface area contributed by atoms with Crippen LogP contribution in [0, 0.1) is 0 Å². The first-order chi connectivity index (χ1) is 15.1. The van der Waals surface area contributed by atoms with Crippen LogP contribution >= 0.6 is 11.6 Å². The van der Waals surface area contributed by atoms with Gasteiger partial charge in [-0.05, 0) is 25.1 Å². The van der Waals surface area contributed by atoms with Crippen molar-refractivity contribution in [1.82, 2.24) is 19.9 Å². The first kappa shape index (κ1) is 21.5. The molecule has 1 unspecified atom stereocenters. The van der Waals surface area contributed by atoms with Crippen molar-refractivity contribution in [3.63, 3.8) is 0 Å². The molecule has 0 saturated carbocycles. The molecule has 31 heavy (non-hydrogen) atoms. The fraction of sp³-hybridized carbons (Fsp3) is 0.348. The Morgan fingerprint density at radius 1 is 1.13 bits per heavy atom. The Balaban J connectivity index is 1.23. The van der Waals surface area contributed by atoms with Crippen molar-refractivity contribution >= 4 is 23.2 Å². The summed E-state index contributed by atoms with van der Waals surface area (Å²) in [5, 5.41) is 7.64. The predicted molar refractivity (Wildman–Crippen MR) is 121 cm³/mol. The summed E-state index contributed by atoms with van der Waals surface area (Å²) in [5.41, 5.74) is 1.68. The minimum atomic E-state index is -0.00244. The highest BCUT2D eigenvalue weighted by Crippen LogP contribution is 2.23. The molecule has 1 aliphatic rings. The van der Waals surface area contributed by atoms with Crippen LogP contribution in [0.15, 0.2) is 59.1 Å². The number of piperazine rings is 1. The number of carbonyl (C=O) groups excluding carboxylic acids is 1. The molecule has 1 aromatic heterocycles. The maximum absolute atomic E-state index is 12.2. The number of hydrogen-bond donors (Lipinski definition) is 1. The van der Waals surface area contributed by atoms with Gasteiger partial charge in [0.05, 0.1) is 6.04 Å². The van der Waals surface area contributed by atoms with E-state index >= 15 is 0 Å². The molecule has 3 aromatic rings. The summed E-state index contributed by atoms with van der Waals surface area (Å²) in [7, 11) is 0. The first-order valence-electron chi connectivity index (χ1n) is 10.5. The average Bonchev–Trinajstić information content (AvgIpc) is 3.29. The molecule has 8 heteroatoms. The van der Waals surface area contributed by atoms with Crippen LogP contribution < -0.4 is 5.32 Å². The van der Waals surface area contributed by atoms with Gasteiger partial charge in [0.2, 0.25) is 17.6 Å². The third-order valence-corrected chi connectivity index (χ3v) is 5.78. The summed E-state index contributed by atoms with van der Waals surface area (Å²) >= 11 is 5.96. The second kappa shape index (κ2) is 10.0. The molecule has 0 spiro atoms. The van der Waals surface area contributed by atoms with E-state index in [0.29, 0.717) is 23.2 Å². The van der Waals surface area contributed by atoms with E-state index in [0.717, 1.165) is 44.0 Å². The number of hydrogen-bond acceptors (Lipinski definition) is 6. The molecule has 1 atom stereocenters. The Hall–Kier alpha value is -2.74. The standard InChI is InChI=1S/C23H26ClN5O2/c1-17(23-26-22(27-31-23)18-6-3-2-4-7-18)29-14-12-28(13-15-29)11-10-21(30)25-20-9-5-8-19(24)16-20/h2-9,16-17H,10-15H2,1H3,(H,25,30). The maximum Gasteiger partial charge on any atom is 0.244 e. The Morgan fingerprint density at radius 3 is 2.65 bits per heavy atom. The summed E-state index contributed by atoms with van der Waals surface area (Å²) in [6.07, 6.45) is 0.451. The molecule has 2 aromatic carbocycles. The number of carbonyl (C=O) groups is 1. The first-order valence-corrected chi connectivity index (χ1v) is 10.9. The highest BCUT2D eigenvalue weighted by Gasteiger charge is 2.26. The minimum absolute atomic E-state index is 0.00244. The van der Waals surface area contributed by atoms with E-state index < -0.39 is 0 Å². The fourth-order valence-corrected chi connectivity index (χ4v) is 3.88. The number of benzene rings is 2. The predicted octanol–water partition coefficient (Wildman–Crippen LogP) is 4.10. The summed E-state index contributed by atoms with van der Waals surface area (Å²) in [4.78, 5) is 21.5.